The van der Waals surface area contributed by atoms with E-state index in [0.29, 0.717) is 23.3 Å². The van der Waals surface area contributed by atoms with Crippen molar-refractivity contribution in [2.75, 3.05) is 31.2 Å². The van der Waals surface area contributed by atoms with E-state index in [1.807, 2.05) is 30.3 Å². The molecule has 0 saturated carbocycles. The van der Waals surface area contributed by atoms with Gasteiger partial charge in [0.15, 0.2) is 5.16 Å². The lowest BCUT2D eigenvalue weighted by molar-refractivity contribution is -0.387. The summed E-state index contributed by atoms with van der Waals surface area (Å²) < 4.78 is 5.37. The fourth-order valence-electron chi connectivity index (χ4n) is 2.84. The van der Waals surface area contributed by atoms with Crippen LogP contribution in [0.2, 0.25) is 0 Å². The molecule has 1 saturated heterocycles. The summed E-state index contributed by atoms with van der Waals surface area (Å²) in [4.78, 5) is 21.5. The highest BCUT2D eigenvalue weighted by Gasteiger charge is 2.20. The van der Waals surface area contributed by atoms with Gasteiger partial charge in [0.2, 0.25) is 0 Å². The van der Waals surface area contributed by atoms with Gasteiger partial charge in [0.05, 0.1) is 34.1 Å². The van der Waals surface area contributed by atoms with Crippen molar-refractivity contribution >= 4 is 34.2 Å². The quantitative estimate of drug-likeness (QED) is 0.569. The molecule has 2 aromatic carbocycles. The zero-order valence-corrected chi connectivity index (χ0v) is 14.2. The van der Waals surface area contributed by atoms with Gasteiger partial charge < -0.3 is 14.6 Å². The maximum absolute atomic E-state index is 11.4. The Morgan fingerprint density at radius 3 is 2.76 bits per heavy atom. The molecule has 0 bridgehead atoms. The number of morpholine rings is 1. The molecule has 8 heteroatoms. The van der Waals surface area contributed by atoms with E-state index >= 15 is 0 Å². The van der Waals surface area contributed by atoms with Gasteiger partial charge in [-0.25, -0.2) is 4.98 Å². The van der Waals surface area contributed by atoms with Gasteiger partial charge in [0.1, 0.15) is 0 Å². The van der Waals surface area contributed by atoms with Crippen molar-refractivity contribution in [1.29, 1.82) is 0 Å². The lowest BCUT2D eigenvalue weighted by Gasteiger charge is -2.29. The molecule has 3 aromatic rings. The zero-order chi connectivity index (χ0) is 17.2. The van der Waals surface area contributed by atoms with Gasteiger partial charge in [-0.1, -0.05) is 12.1 Å². The second-order valence-electron chi connectivity index (χ2n) is 5.67. The monoisotopic (exact) mass is 356 g/mol. The zero-order valence-electron chi connectivity index (χ0n) is 13.3. The highest BCUT2D eigenvalue weighted by molar-refractivity contribution is 7.99. The van der Waals surface area contributed by atoms with Crippen molar-refractivity contribution in [3.05, 3.63) is 52.6 Å². The van der Waals surface area contributed by atoms with Crippen molar-refractivity contribution in [2.45, 2.75) is 10.1 Å². The number of H-pyrrole nitrogens is 1. The summed E-state index contributed by atoms with van der Waals surface area (Å²) >= 11 is 1.28. The van der Waals surface area contributed by atoms with Crippen molar-refractivity contribution in [3.63, 3.8) is 0 Å². The van der Waals surface area contributed by atoms with E-state index in [9.17, 15) is 10.1 Å². The molecule has 0 spiro atoms. The highest BCUT2D eigenvalue weighted by atomic mass is 32.2. The molecule has 4 rings (SSSR count). The largest absolute Gasteiger partial charge is 0.378 e. The van der Waals surface area contributed by atoms with Crippen LogP contribution in [0.5, 0.6) is 0 Å². The van der Waals surface area contributed by atoms with Gasteiger partial charge >= 0.3 is 0 Å². The number of fused-ring (bicyclic) bond motifs is 1. The van der Waals surface area contributed by atoms with Crippen molar-refractivity contribution < 1.29 is 9.66 Å². The maximum atomic E-state index is 11.4. The first-order valence-electron chi connectivity index (χ1n) is 7.94. The Kier molecular flexibility index (Phi) is 4.29. The number of nitrogens with one attached hydrogen (secondary N) is 1. The van der Waals surface area contributed by atoms with E-state index in [0.717, 1.165) is 29.8 Å². The Balaban J connectivity index is 1.68. The van der Waals surface area contributed by atoms with E-state index in [4.69, 9.17) is 4.74 Å². The summed E-state index contributed by atoms with van der Waals surface area (Å²) in [6, 6.07) is 12.9. The first-order valence-corrected chi connectivity index (χ1v) is 8.76. The maximum Gasteiger partial charge on any atom is 0.283 e. The SMILES string of the molecule is O=[N+]([O-])c1ccc(N2CCOCC2)cc1Sc1nc2ccccc2[nH]1. The minimum atomic E-state index is -0.353. The Hall–Kier alpha value is -2.58. The number of aromatic amines is 1. The van der Waals surface area contributed by atoms with Gasteiger partial charge in [-0.05, 0) is 36.0 Å². The van der Waals surface area contributed by atoms with Crippen LogP contribution in [0.3, 0.4) is 0 Å². The average Bonchev–Trinajstić information content (AvgIpc) is 3.04. The number of nitrogens with zero attached hydrogens (tertiary/aromatic N) is 3. The van der Waals surface area contributed by atoms with Crippen molar-refractivity contribution in [2.24, 2.45) is 0 Å². The number of nitro benzene ring substituents is 1. The van der Waals surface area contributed by atoms with E-state index in [1.165, 1.54) is 11.8 Å². The predicted octanol–water partition coefficient (Wildman–Crippen LogP) is 3.46. The highest BCUT2D eigenvalue weighted by Crippen LogP contribution is 2.37. The molecule has 7 nitrogen and oxygen atoms in total. The molecule has 1 fully saturated rings. The normalized spacial score (nSPS) is 14.8. The van der Waals surface area contributed by atoms with Crippen LogP contribution in [-0.4, -0.2) is 41.2 Å². The number of para-hydroxylation sites is 2. The van der Waals surface area contributed by atoms with E-state index in [2.05, 4.69) is 14.9 Å². The van der Waals surface area contributed by atoms with Crippen LogP contribution in [0, 0.1) is 10.1 Å². The molecule has 0 aliphatic carbocycles. The third-order valence-corrected chi connectivity index (χ3v) is 5.02. The molecule has 0 amide bonds. The predicted molar refractivity (Wildman–Crippen MR) is 96.3 cm³/mol. The molecule has 0 atom stereocenters. The second-order valence-corrected chi connectivity index (χ2v) is 6.70. The van der Waals surface area contributed by atoms with Crippen LogP contribution < -0.4 is 4.90 Å². The number of imidazole rings is 1. The minimum Gasteiger partial charge on any atom is -0.378 e. The van der Waals surface area contributed by atoms with E-state index in [1.54, 1.807) is 12.1 Å². The molecule has 0 unspecified atom stereocenters. The number of hydrogen-bond acceptors (Lipinski definition) is 6. The number of hydrogen-bond donors (Lipinski definition) is 1. The van der Waals surface area contributed by atoms with Crippen LogP contribution in [0.1, 0.15) is 0 Å². The number of aromatic nitrogens is 2. The summed E-state index contributed by atoms with van der Waals surface area (Å²) in [6.07, 6.45) is 0. The van der Waals surface area contributed by atoms with Gasteiger partial charge in [-0.3, -0.25) is 10.1 Å². The summed E-state index contributed by atoms with van der Waals surface area (Å²) in [5.74, 6) is 0. The summed E-state index contributed by atoms with van der Waals surface area (Å²) in [6.45, 7) is 2.91. The second kappa shape index (κ2) is 6.73. The van der Waals surface area contributed by atoms with E-state index < -0.39 is 0 Å². The lowest BCUT2D eigenvalue weighted by Crippen LogP contribution is -2.36. The van der Waals surface area contributed by atoms with Gasteiger partial charge in [0.25, 0.3) is 5.69 Å². The van der Waals surface area contributed by atoms with Crippen molar-refractivity contribution in [3.8, 4) is 0 Å². The molecule has 1 aliphatic rings. The summed E-state index contributed by atoms with van der Waals surface area (Å²) in [7, 11) is 0. The number of ether oxygens (including phenoxy) is 1. The molecule has 1 aliphatic heterocycles. The van der Waals surface area contributed by atoms with Crippen molar-refractivity contribution in [1.82, 2.24) is 9.97 Å². The smallest absolute Gasteiger partial charge is 0.283 e. The van der Waals surface area contributed by atoms with Gasteiger partial charge in [0, 0.05) is 24.8 Å². The molecular weight excluding hydrogens is 340 g/mol. The number of benzene rings is 2. The average molecular weight is 356 g/mol. The van der Waals surface area contributed by atoms with Gasteiger partial charge in [-0.2, -0.15) is 0 Å². The number of nitro groups is 1. The Labute approximate surface area is 148 Å². The number of anilines is 1. The molecule has 1 aromatic heterocycles. The third kappa shape index (κ3) is 3.31. The van der Waals surface area contributed by atoms with Crippen LogP contribution >= 0.6 is 11.8 Å². The van der Waals surface area contributed by atoms with Gasteiger partial charge in [-0.15, -0.1) is 0 Å². The first kappa shape index (κ1) is 15.9. The summed E-state index contributed by atoms with van der Waals surface area (Å²) in [5.41, 5.74) is 2.81. The third-order valence-electron chi connectivity index (χ3n) is 4.09. The molecule has 2 heterocycles. The summed E-state index contributed by atoms with van der Waals surface area (Å²) in [5, 5.41) is 12.0. The Morgan fingerprint density at radius 2 is 2.00 bits per heavy atom. The fourth-order valence-corrected chi connectivity index (χ4v) is 3.78. The minimum absolute atomic E-state index is 0.0856. The standard InChI is InChI=1S/C17H16N4O3S/c22-21(23)15-6-5-12(20-7-9-24-10-8-20)11-16(15)25-17-18-13-3-1-2-4-14(13)19-17/h1-6,11H,7-10H2,(H,18,19). The van der Waals surface area contributed by atoms with Crippen LogP contribution in [0.15, 0.2) is 52.5 Å². The van der Waals surface area contributed by atoms with E-state index in [-0.39, 0.29) is 10.6 Å². The number of rotatable bonds is 4. The molecule has 1 N–H and O–H groups in total. The first-order chi connectivity index (χ1) is 12.2. The molecular formula is C17H16N4O3S. The fraction of sp³-hybridized carbons (Fsp3) is 0.235. The molecule has 128 valence electrons. The van der Waals surface area contributed by atoms with Crippen LogP contribution in [0.25, 0.3) is 11.0 Å². The van der Waals surface area contributed by atoms with Crippen LogP contribution in [0.4, 0.5) is 11.4 Å². The topological polar surface area (TPSA) is 84.3 Å². The molecule has 0 radical (unpaired) electrons. The molecule has 25 heavy (non-hydrogen) atoms. The Bertz CT molecular complexity index is 888. The lowest BCUT2D eigenvalue weighted by atomic mass is 10.2. The van der Waals surface area contributed by atoms with Crippen LogP contribution in [-0.2, 0) is 4.74 Å². The Morgan fingerprint density at radius 1 is 1.20 bits per heavy atom.